The highest BCUT2D eigenvalue weighted by Crippen LogP contribution is 2.29. The molecular weight excluding hydrogens is 204 g/mol. The lowest BCUT2D eigenvalue weighted by Gasteiger charge is -2.27. The van der Waals surface area contributed by atoms with Crippen LogP contribution in [0.4, 0.5) is 0 Å². The predicted molar refractivity (Wildman–Crippen MR) is 62.0 cm³/mol. The summed E-state index contributed by atoms with van der Waals surface area (Å²) in [4.78, 5) is 0. The molecule has 0 bridgehead atoms. The normalized spacial score (nSPS) is 34.5. The first-order valence-corrected chi connectivity index (χ1v) is 5.73. The highest BCUT2D eigenvalue weighted by atomic mass is 16.5. The first kappa shape index (κ1) is 11.6. The van der Waals surface area contributed by atoms with Crippen molar-refractivity contribution in [3.8, 4) is 0 Å². The van der Waals surface area contributed by atoms with E-state index in [0.717, 1.165) is 5.76 Å². The SMILES string of the molecule is CC1=C[C@H](C)C(C[C@H](O)N(N)[C@H]2C=C2C)O1. The molecule has 1 heterocycles. The van der Waals surface area contributed by atoms with E-state index in [1.165, 1.54) is 10.6 Å². The maximum atomic E-state index is 9.97. The van der Waals surface area contributed by atoms with Crippen molar-refractivity contribution in [3.05, 3.63) is 23.5 Å². The monoisotopic (exact) mass is 224 g/mol. The van der Waals surface area contributed by atoms with E-state index < -0.39 is 6.23 Å². The smallest absolute Gasteiger partial charge is 0.124 e. The Hall–Kier alpha value is -0.840. The van der Waals surface area contributed by atoms with Crippen LogP contribution in [-0.2, 0) is 4.74 Å². The average molecular weight is 224 g/mol. The van der Waals surface area contributed by atoms with E-state index in [1.807, 2.05) is 19.9 Å². The van der Waals surface area contributed by atoms with Crippen LogP contribution in [0, 0.1) is 5.92 Å². The molecule has 0 radical (unpaired) electrons. The van der Waals surface area contributed by atoms with Crippen molar-refractivity contribution in [2.75, 3.05) is 0 Å². The number of aliphatic hydroxyl groups excluding tert-OH is 1. The number of nitrogens with zero attached hydrogens (tertiary/aromatic N) is 1. The van der Waals surface area contributed by atoms with Crippen LogP contribution < -0.4 is 5.84 Å². The Balaban J connectivity index is 1.81. The van der Waals surface area contributed by atoms with Crippen molar-refractivity contribution in [1.82, 2.24) is 5.01 Å². The molecule has 0 aromatic heterocycles. The van der Waals surface area contributed by atoms with Crippen LogP contribution in [0.3, 0.4) is 0 Å². The number of hydrazine groups is 1. The molecule has 4 heteroatoms. The number of hydrogen-bond acceptors (Lipinski definition) is 4. The van der Waals surface area contributed by atoms with Crippen LogP contribution in [0.25, 0.3) is 0 Å². The lowest BCUT2D eigenvalue weighted by molar-refractivity contribution is -0.0415. The average Bonchev–Trinajstić information content (AvgIpc) is 2.84. The molecular formula is C12H20N2O2. The first-order valence-electron chi connectivity index (χ1n) is 5.73. The van der Waals surface area contributed by atoms with E-state index in [1.54, 1.807) is 0 Å². The summed E-state index contributed by atoms with van der Waals surface area (Å²) in [6.07, 6.45) is 4.05. The molecule has 0 fully saturated rings. The van der Waals surface area contributed by atoms with Crippen molar-refractivity contribution >= 4 is 0 Å². The lowest BCUT2D eigenvalue weighted by atomic mass is 10.0. The van der Waals surface area contributed by atoms with Gasteiger partial charge in [-0.1, -0.05) is 18.6 Å². The van der Waals surface area contributed by atoms with Gasteiger partial charge in [0.2, 0.25) is 0 Å². The molecule has 4 atom stereocenters. The topological polar surface area (TPSA) is 58.7 Å². The molecule has 0 amide bonds. The zero-order valence-corrected chi connectivity index (χ0v) is 10.1. The Kier molecular flexibility index (Phi) is 3.06. The number of rotatable bonds is 4. The molecule has 1 unspecified atom stereocenters. The third-order valence-electron chi connectivity index (χ3n) is 3.31. The van der Waals surface area contributed by atoms with E-state index in [0.29, 0.717) is 12.3 Å². The third-order valence-corrected chi connectivity index (χ3v) is 3.31. The van der Waals surface area contributed by atoms with Crippen molar-refractivity contribution in [3.63, 3.8) is 0 Å². The van der Waals surface area contributed by atoms with Gasteiger partial charge in [-0.15, -0.1) is 0 Å². The van der Waals surface area contributed by atoms with Gasteiger partial charge in [-0.3, -0.25) is 5.84 Å². The van der Waals surface area contributed by atoms with Crippen LogP contribution in [0.1, 0.15) is 27.2 Å². The Morgan fingerprint density at radius 3 is 2.56 bits per heavy atom. The fourth-order valence-corrected chi connectivity index (χ4v) is 2.16. The second-order valence-electron chi connectivity index (χ2n) is 4.81. The molecule has 1 aliphatic carbocycles. The Labute approximate surface area is 96.3 Å². The van der Waals surface area contributed by atoms with Crippen LogP contribution in [-0.4, -0.2) is 28.5 Å². The van der Waals surface area contributed by atoms with Gasteiger partial charge < -0.3 is 9.84 Å². The molecule has 16 heavy (non-hydrogen) atoms. The van der Waals surface area contributed by atoms with Gasteiger partial charge in [-0.25, -0.2) is 5.01 Å². The summed E-state index contributed by atoms with van der Waals surface area (Å²) >= 11 is 0. The van der Waals surface area contributed by atoms with Gasteiger partial charge in [-0.2, -0.15) is 0 Å². The fourth-order valence-electron chi connectivity index (χ4n) is 2.16. The van der Waals surface area contributed by atoms with Gasteiger partial charge in [0.05, 0.1) is 11.8 Å². The standard InChI is InChI=1S/C12H20N2O2/c1-7-5-10(7)14(13)12(15)6-11-8(2)4-9(3)16-11/h4-5,8,10-12,15H,6,13H2,1-3H3/t8-,10-,11?,12-/m0/s1. The minimum Gasteiger partial charge on any atom is -0.495 e. The maximum Gasteiger partial charge on any atom is 0.124 e. The number of ether oxygens (including phenoxy) is 1. The lowest BCUT2D eigenvalue weighted by Crippen LogP contribution is -2.45. The van der Waals surface area contributed by atoms with Crippen molar-refractivity contribution in [2.45, 2.75) is 45.6 Å². The Morgan fingerprint density at radius 2 is 2.12 bits per heavy atom. The first-order chi connectivity index (χ1) is 7.49. The summed E-state index contributed by atoms with van der Waals surface area (Å²) in [7, 11) is 0. The second kappa shape index (κ2) is 4.20. The number of nitrogens with two attached hydrogens (primary N) is 1. The zero-order valence-electron chi connectivity index (χ0n) is 10.1. The fraction of sp³-hybridized carbons (Fsp3) is 0.667. The summed E-state index contributed by atoms with van der Waals surface area (Å²) in [5.41, 5.74) is 1.22. The number of aliphatic hydroxyl groups is 1. The van der Waals surface area contributed by atoms with Gasteiger partial charge in [0.25, 0.3) is 0 Å². The zero-order chi connectivity index (χ0) is 11.9. The summed E-state index contributed by atoms with van der Waals surface area (Å²) in [5, 5.41) is 11.5. The number of hydrogen-bond donors (Lipinski definition) is 2. The van der Waals surface area contributed by atoms with E-state index in [9.17, 15) is 5.11 Å². The Bertz CT molecular complexity index is 338. The number of allylic oxidation sites excluding steroid dienone is 1. The highest BCUT2D eigenvalue weighted by Gasteiger charge is 2.33. The highest BCUT2D eigenvalue weighted by molar-refractivity contribution is 5.32. The molecule has 0 saturated carbocycles. The van der Waals surface area contributed by atoms with Crippen molar-refractivity contribution in [2.24, 2.45) is 11.8 Å². The molecule has 3 N–H and O–H groups in total. The molecule has 0 saturated heterocycles. The summed E-state index contributed by atoms with van der Waals surface area (Å²) in [6.45, 7) is 6.04. The summed E-state index contributed by atoms with van der Waals surface area (Å²) in [6, 6.07) is 0.140. The van der Waals surface area contributed by atoms with Crippen LogP contribution in [0.15, 0.2) is 23.5 Å². The molecule has 2 rings (SSSR count). The Morgan fingerprint density at radius 1 is 1.50 bits per heavy atom. The molecule has 0 spiro atoms. The van der Waals surface area contributed by atoms with Gasteiger partial charge in [0.15, 0.2) is 0 Å². The van der Waals surface area contributed by atoms with Gasteiger partial charge in [0.1, 0.15) is 12.3 Å². The molecule has 4 nitrogen and oxygen atoms in total. The van der Waals surface area contributed by atoms with E-state index in [2.05, 4.69) is 13.0 Å². The van der Waals surface area contributed by atoms with Crippen molar-refractivity contribution in [1.29, 1.82) is 0 Å². The van der Waals surface area contributed by atoms with Crippen LogP contribution >= 0.6 is 0 Å². The molecule has 0 aromatic rings. The maximum absolute atomic E-state index is 9.97. The largest absolute Gasteiger partial charge is 0.495 e. The third kappa shape index (κ3) is 2.29. The second-order valence-corrected chi connectivity index (χ2v) is 4.81. The minimum absolute atomic E-state index is 0.0418. The summed E-state index contributed by atoms with van der Waals surface area (Å²) < 4.78 is 5.62. The molecule has 2 aliphatic rings. The van der Waals surface area contributed by atoms with Crippen LogP contribution in [0.5, 0.6) is 0 Å². The predicted octanol–water partition coefficient (Wildman–Crippen LogP) is 1.14. The quantitative estimate of drug-likeness (QED) is 0.325. The van der Waals surface area contributed by atoms with E-state index in [-0.39, 0.29) is 12.1 Å². The van der Waals surface area contributed by atoms with E-state index >= 15 is 0 Å². The van der Waals surface area contributed by atoms with E-state index in [4.69, 9.17) is 10.6 Å². The molecule has 0 aromatic carbocycles. The van der Waals surface area contributed by atoms with Crippen molar-refractivity contribution < 1.29 is 9.84 Å². The van der Waals surface area contributed by atoms with Gasteiger partial charge in [-0.05, 0) is 19.9 Å². The summed E-state index contributed by atoms with van der Waals surface area (Å²) in [5.74, 6) is 7.11. The van der Waals surface area contributed by atoms with Gasteiger partial charge >= 0.3 is 0 Å². The molecule has 90 valence electrons. The minimum atomic E-state index is -0.648. The van der Waals surface area contributed by atoms with Gasteiger partial charge in [0, 0.05) is 12.3 Å². The van der Waals surface area contributed by atoms with Crippen LogP contribution in [0.2, 0.25) is 0 Å². The molecule has 1 aliphatic heterocycles.